The van der Waals surface area contributed by atoms with Crippen LogP contribution in [-0.2, 0) is 11.3 Å². The molecule has 0 aliphatic heterocycles. The maximum Gasteiger partial charge on any atom is 0.320 e. The highest BCUT2D eigenvalue weighted by atomic mass is 35.5. The first-order valence-corrected chi connectivity index (χ1v) is 6.60. The molecule has 106 valence electrons. The van der Waals surface area contributed by atoms with Crippen molar-refractivity contribution < 1.29 is 14.6 Å². The Bertz CT molecular complexity index is 435. The van der Waals surface area contributed by atoms with Crippen molar-refractivity contribution in [2.45, 2.75) is 32.9 Å². The summed E-state index contributed by atoms with van der Waals surface area (Å²) in [5.41, 5.74) is 0.931. The number of rotatable bonds is 7. The number of carboxylic acid groups (broad SMARTS) is 1. The summed E-state index contributed by atoms with van der Waals surface area (Å²) in [7, 11) is 1.56. The van der Waals surface area contributed by atoms with Gasteiger partial charge in [0.1, 0.15) is 11.8 Å². The first-order valence-electron chi connectivity index (χ1n) is 6.22. The van der Waals surface area contributed by atoms with Gasteiger partial charge in [0.25, 0.3) is 0 Å². The standard InChI is InChI=1S/C14H20ClNO3/c1-9(2)6-12(14(17)18)16-8-10-4-5-13(19-3)11(15)7-10/h4-5,7,9,12,16H,6,8H2,1-3H3,(H,17,18)/t12-/m0/s1. The third-order valence-electron chi connectivity index (χ3n) is 2.77. The molecule has 1 rings (SSSR count). The van der Waals surface area contributed by atoms with E-state index in [2.05, 4.69) is 5.32 Å². The van der Waals surface area contributed by atoms with Crippen molar-refractivity contribution in [3.05, 3.63) is 28.8 Å². The van der Waals surface area contributed by atoms with Crippen molar-refractivity contribution in [1.82, 2.24) is 5.32 Å². The van der Waals surface area contributed by atoms with Gasteiger partial charge in [0.15, 0.2) is 0 Å². The maximum atomic E-state index is 11.1. The Morgan fingerprint density at radius 3 is 2.63 bits per heavy atom. The number of carbonyl (C=O) groups is 1. The van der Waals surface area contributed by atoms with E-state index >= 15 is 0 Å². The van der Waals surface area contributed by atoms with Crippen LogP contribution in [0, 0.1) is 5.92 Å². The van der Waals surface area contributed by atoms with Crippen LogP contribution in [0.25, 0.3) is 0 Å². The monoisotopic (exact) mass is 285 g/mol. The second-order valence-corrected chi connectivity index (χ2v) is 5.28. The minimum atomic E-state index is -0.826. The third-order valence-corrected chi connectivity index (χ3v) is 3.07. The molecule has 0 radical (unpaired) electrons. The first-order chi connectivity index (χ1) is 8.93. The van der Waals surface area contributed by atoms with Crippen LogP contribution in [0.5, 0.6) is 5.75 Å². The minimum Gasteiger partial charge on any atom is -0.495 e. The van der Waals surface area contributed by atoms with Crippen molar-refractivity contribution in [2.24, 2.45) is 5.92 Å². The summed E-state index contributed by atoms with van der Waals surface area (Å²) in [5, 5.41) is 12.7. The van der Waals surface area contributed by atoms with Gasteiger partial charge in [0, 0.05) is 6.54 Å². The van der Waals surface area contributed by atoms with Gasteiger partial charge in [0.2, 0.25) is 0 Å². The van der Waals surface area contributed by atoms with Crippen LogP contribution in [0.3, 0.4) is 0 Å². The third kappa shape index (κ3) is 5.09. The van der Waals surface area contributed by atoms with Gasteiger partial charge in [-0.15, -0.1) is 0 Å². The smallest absolute Gasteiger partial charge is 0.320 e. The van der Waals surface area contributed by atoms with Crippen molar-refractivity contribution >= 4 is 17.6 Å². The predicted octanol–water partition coefficient (Wildman–Crippen LogP) is 2.94. The summed E-state index contributed by atoms with van der Waals surface area (Å²) in [4.78, 5) is 11.1. The second-order valence-electron chi connectivity index (χ2n) is 4.87. The summed E-state index contributed by atoms with van der Waals surface area (Å²) >= 11 is 6.02. The average molecular weight is 286 g/mol. The minimum absolute atomic E-state index is 0.327. The van der Waals surface area contributed by atoms with Crippen LogP contribution < -0.4 is 10.1 Å². The second kappa shape index (κ2) is 7.36. The van der Waals surface area contributed by atoms with E-state index in [9.17, 15) is 4.79 Å². The molecule has 0 fully saturated rings. The van der Waals surface area contributed by atoms with Crippen LogP contribution in [0.4, 0.5) is 0 Å². The highest BCUT2D eigenvalue weighted by molar-refractivity contribution is 6.32. The highest BCUT2D eigenvalue weighted by Gasteiger charge is 2.18. The summed E-state index contributed by atoms with van der Waals surface area (Å²) in [6.45, 7) is 4.47. The number of halogens is 1. The Morgan fingerprint density at radius 1 is 1.47 bits per heavy atom. The maximum absolute atomic E-state index is 11.1. The molecule has 2 N–H and O–H groups in total. The fourth-order valence-electron chi connectivity index (χ4n) is 1.80. The molecular formula is C14H20ClNO3. The zero-order valence-electron chi connectivity index (χ0n) is 11.4. The molecular weight excluding hydrogens is 266 g/mol. The molecule has 0 spiro atoms. The lowest BCUT2D eigenvalue weighted by Crippen LogP contribution is -2.37. The van der Waals surface area contributed by atoms with Gasteiger partial charge in [-0.05, 0) is 30.0 Å². The molecule has 0 unspecified atom stereocenters. The van der Waals surface area contributed by atoms with E-state index in [0.29, 0.717) is 29.7 Å². The van der Waals surface area contributed by atoms with E-state index in [0.717, 1.165) is 5.56 Å². The fourth-order valence-corrected chi connectivity index (χ4v) is 2.08. The first kappa shape index (κ1) is 15.8. The molecule has 4 nitrogen and oxygen atoms in total. The van der Waals surface area contributed by atoms with Gasteiger partial charge in [-0.25, -0.2) is 0 Å². The number of hydrogen-bond donors (Lipinski definition) is 2. The van der Waals surface area contributed by atoms with E-state index in [-0.39, 0.29) is 0 Å². The summed E-state index contributed by atoms with van der Waals surface area (Å²) in [6, 6.07) is 4.88. The van der Waals surface area contributed by atoms with Gasteiger partial charge >= 0.3 is 5.97 Å². The van der Waals surface area contributed by atoms with E-state index in [1.54, 1.807) is 19.2 Å². The fraction of sp³-hybridized carbons (Fsp3) is 0.500. The predicted molar refractivity (Wildman–Crippen MR) is 75.7 cm³/mol. The number of aliphatic carboxylic acids is 1. The number of nitrogens with one attached hydrogen (secondary N) is 1. The lowest BCUT2D eigenvalue weighted by molar-refractivity contribution is -0.140. The van der Waals surface area contributed by atoms with Gasteiger partial charge in [-0.3, -0.25) is 4.79 Å². The Morgan fingerprint density at radius 2 is 2.16 bits per heavy atom. The normalized spacial score (nSPS) is 12.5. The molecule has 5 heteroatoms. The van der Waals surface area contributed by atoms with Crippen molar-refractivity contribution in [3.63, 3.8) is 0 Å². The van der Waals surface area contributed by atoms with Crippen molar-refractivity contribution in [3.8, 4) is 5.75 Å². The summed E-state index contributed by atoms with van der Waals surface area (Å²) in [6.07, 6.45) is 0.596. The number of methoxy groups -OCH3 is 1. The highest BCUT2D eigenvalue weighted by Crippen LogP contribution is 2.24. The van der Waals surface area contributed by atoms with Gasteiger partial charge in [-0.1, -0.05) is 31.5 Å². The van der Waals surface area contributed by atoms with Crippen molar-refractivity contribution in [1.29, 1.82) is 0 Å². The summed E-state index contributed by atoms with van der Waals surface area (Å²) in [5.74, 6) is 0.115. The lowest BCUT2D eigenvalue weighted by atomic mass is 10.0. The van der Waals surface area contributed by atoms with Gasteiger partial charge in [0.05, 0.1) is 12.1 Å². The molecule has 0 aliphatic carbocycles. The van der Waals surface area contributed by atoms with E-state index < -0.39 is 12.0 Å². The number of carboxylic acids is 1. The zero-order chi connectivity index (χ0) is 14.4. The molecule has 1 atom stereocenters. The SMILES string of the molecule is COc1ccc(CN[C@@H](CC(C)C)C(=O)O)cc1Cl. The topological polar surface area (TPSA) is 58.6 Å². The quantitative estimate of drug-likeness (QED) is 0.809. The molecule has 1 aromatic carbocycles. The van der Waals surface area contributed by atoms with E-state index in [1.165, 1.54) is 0 Å². The van der Waals surface area contributed by atoms with Gasteiger partial charge < -0.3 is 15.2 Å². The van der Waals surface area contributed by atoms with E-state index in [4.69, 9.17) is 21.4 Å². The van der Waals surface area contributed by atoms with Crippen molar-refractivity contribution in [2.75, 3.05) is 7.11 Å². The Hall–Kier alpha value is -1.26. The lowest BCUT2D eigenvalue weighted by Gasteiger charge is -2.16. The molecule has 0 amide bonds. The molecule has 1 aromatic rings. The number of benzene rings is 1. The van der Waals surface area contributed by atoms with Crippen LogP contribution in [0.1, 0.15) is 25.8 Å². The summed E-state index contributed by atoms with van der Waals surface area (Å²) < 4.78 is 5.07. The molecule has 0 bridgehead atoms. The number of ether oxygens (including phenoxy) is 1. The number of hydrogen-bond acceptors (Lipinski definition) is 3. The molecule has 0 heterocycles. The molecule has 0 saturated heterocycles. The van der Waals surface area contributed by atoms with Crippen LogP contribution in [-0.4, -0.2) is 24.2 Å². The van der Waals surface area contributed by atoms with Crippen LogP contribution in [0.2, 0.25) is 5.02 Å². The molecule has 0 saturated carbocycles. The molecule has 0 aliphatic rings. The van der Waals surface area contributed by atoms with E-state index in [1.807, 2.05) is 19.9 Å². The van der Waals surface area contributed by atoms with Gasteiger partial charge in [-0.2, -0.15) is 0 Å². The Balaban J connectivity index is 2.64. The van der Waals surface area contributed by atoms with Crippen LogP contribution >= 0.6 is 11.6 Å². The van der Waals surface area contributed by atoms with Crippen LogP contribution in [0.15, 0.2) is 18.2 Å². The molecule has 0 aromatic heterocycles. The zero-order valence-corrected chi connectivity index (χ0v) is 12.2. The average Bonchev–Trinajstić information content (AvgIpc) is 2.34. The Labute approximate surface area is 118 Å². The Kier molecular flexibility index (Phi) is 6.12. The molecule has 19 heavy (non-hydrogen) atoms. The largest absolute Gasteiger partial charge is 0.495 e.